The molecule has 20 heavy (non-hydrogen) atoms. The van der Waals surface area contributed by atoms with Crippen molar-refractivity contribution in [1.29, 1.82) is 0 Å². The fourth-order valence-corrected chi connectivity index (χ4v) is 2.79. The van der Waals surface area contributed by atoms with Gasteiger partial charge in [-0.05, 0) is 37.0 Å². The molecule has 1 fully saturated rings. The number of halogens is 1. The average molecular weight is 342 g/mol. The van der Waals surface area contributed by atoms with Crippen molar-refractivity contribution in [1.82, 2.24) is 4.90 Å². The van der Waals surface area contributed by atoms with Crippen LogP contribution in [-0.4, -0.2) is 44.7 Å². The maximum Gasteiger partial charge on any atom is 0.257 e. The monoisotopic (exact) mass is 341 g/mol. The fraction of sp³-hybridized carbons (Fsp3) is 0.533. The van der Waals surface area contributed by atoms with Crippen LogP contribution in [0.25, 0.3) is 0 Å². The van der Waals surface area contributed by atoms with E-state index in [2.05, 4.69) is 15.9 Å². The van der Waals surface area contributed by atoms with Crippen LogP contribution < -0.4 is 4.74 Å². The predicted molar refractivity (Wildman–Crippen MR) is 81.2 cm³/mol. The normalized spacial score (nSPS) is 15.9. The molecule has 0 radical (unpaired) electrons. The topological polar surface area (TPSA) is 38.8 Å². The van der Waals surface area contributed by atoms with Gasteiger partial charge in [-0.2, -0.15) is 0 Å². The van der Waals surface area contributed by atoms with Crippen molar-refractivity contribution in [3.63, 3.8) is 0 Å². The SMILES string of the molecule is COc1cc(Br)ccc1C(=O)N(C)CC1CCOCC1. The largest absolute Gasteiger partial charge is 0.496 e. The highest BCUT2D eigenvalue weighted by Gasteiger charge is 2.21. The summed E-state index contributed by atoms with van der Waals surface area (Å²) in [5.41, 5.74) is 0.602. The molecule has 1 aromatic carbocycles. The van der Waals surface area contributed by atoms with Crippen LogP contribution in [0.1, 0.15) is 23.2 Å². The number of amides is 1. The molecule has 0 saturated carbocycles. The summed E-state index contributed by atoms with van der Waals surface area (Å²) in [6, 6.07) is 5.47. The van der Waals surface area contributed by atoms with E-state index in [1.54, 1.807) is 18.1 Å². The van der Waals surface area contributed by atoms with Crippen LogP contribution in [0.5, 0.6) is 5.75 Å². The lowest BCUT2D eigenvalue weighted by Gasteiger charge is -2.27. The summed E-state index contributed by atoms with van der Waals surface area (Å²) >= 11 is 3.38. The van der Waals surface area contributed by atoms with Crippen LogP contribution in [-0.2, 0) is 4.74 Å². The van der Waals surface area contributed by atoms with Crippen LogP contribution in [0.4, 0.5) is 0 Å². The molecule has 0 unspecified atom stereocenters. The molecule has 0 aliphatic carbocycles. The first-order valence-electron chi connectivity index (χ1n) is 6.78. The van der Waals surface area contributed by atoms with E-state index in [0.29, 0.717) is 17.2 Å². The van der Waals surface area contributed by atoms with Gasteiger partial charge in [0.1, 0.15) is 5.75 Å². The van der Waals surface area contributed by atoms with Gasteiger partial charge in [0.2, 0.25) is 0 Å². The minimum Gasteiger partial charge on any atom is -0.496 e. The molecule has 0 atom stereocenters. The highest BCUT2D eigenvalue weighted by molar-refractivity contribution is 9.10. The molecular formula is C15H20BrNO3. The van der Waals surface area contributed by atoms with E-state index in [-0.39, 0.29) is 5.91 Å². The standard InChI is InChI=1S/C15H20BrNO3/c1-17(10-11-5-7-20-8-6-11)15(18)13-4-3-12(16)9-14(13)19-2/h3-4,9,11H,5-8,10H2,1-2H3. The Morgan fingerprint density at radius 2 is 2.15 bits per heavy atom. The van der Waals surface area contributed by atoms with Gasteiger partial charge in [0.05, 0.1) is 12.7 Å². The summed E-state index contributed by atoms with van der Waals surface area (Å²) < 4.78 is 11.5. The summed E-state index contributed by atoms with van der Waals surface area (Å²) in [7, 11) is 3.43. The summed E-state index contributed by atoms with van der Waals surface area (Å²) in [5, 5.41) is 0. The van der Waals surface area contributed by atoms with Crippen molar-refractivity contribution < 1.29 is 14.3 Å². The fourth-order valence-electron chi connectivity index (χ4n) is 2.45. The van der Waals surface area contributed by atoms with Crippen molar-refractivity contribution in [3.8, 4) is 5.75 Å². The van der Waals surface area contributed by atoms with E-state index in [1.165, 1.54) is 0 Å². The second-order valence-electron chi connectivity index (χ2n) is 5.09. The molecule has 0 spiro atoms. The number of ether oxygens (including phenoxy) is 2. The molecule has 0 bridgehead atoms. The number of hydrogen-bond acceptors (Lipinski definition) is 3. The molecule has 5 heteroatoms. The first-order valence-corrected chi connectivity index (χ1v) is 7.58. The number of benzene rings is 1. The van der Waals surface area contributed by atoms with Crippen LogP contribution in [0.2, 0.25) is 0 Å². The molecular weight excluding hydrogens is 322 g/mol. The second-order valence-corrected chi connectivity index (χ2v) is 6.00. The molecule has 4 nitrogen and oxygen atoms in total. The van der Waals surface area contributed by atoms with E-state index in [0.717, 1.165) is 37.1 Å². The van der Waals surface area contributed by atoms with E-state index in [4.69, 9.17) is 9.47 Å². The van der Waals surface area contributed by atoms with Crippen LogP contribution in [0, 0.1) is 5.92 Å². The third-order valence-electron chi connectivity index (χ3n) is 3.61. The predicted octanol–water partition coefficient (Wildman–Crippen LogP) is 2.96. The van der Waals surface area contributed by atoms with Crippen LogP contribution >= 0.6 is 15.9 Å². The van der Waals surface area contributed by atoms with E-state index in [9.17, 15) is 4.79 Å². The zero-order valence-corrected chi connectivity index (χ0v) is 13.5. The van der Waals surface area contributed by atoms with Crippen molar-refractivity contribution in [3.05, 3.63) is 28.2 Å². The highest BCUT2D eigenvalue weighted by Crippen LogP contribution is 2.25. The maximum atomic E-state index is 12.5. The molecule has 1 saturated heterocycles. The van der Waals surface area contributed by atoms with E-state index in [1.807, 2.05) is 19.2 Å². The van der Waals surface area contributed by atoms with Crippen LogP contribution in [0.15, 0.2) is 22.7 Å². The van der Waals surface area contributed by atoms with Gasteiger partial charge < -0.3 is 14.4 Å². The Morgan fingerprint density at radius 1 is 1.45 bits per heavy atom. The van der Waals surface area contributed by atoms with Gasteiger partial charge in [-0.15, -0.1) is 0 Å². The summed E-state index contributed by atoms with van der Waals surface area (Å²) in [4.78, 5) is 14.3. The number of carbonyl (C=O) groups is 1. The van der Waals surface area contributed by atoms with Crippen molar-refractivity contribution >= 4 is 21.8 Å². The summed E-state index contributed by atoms with van der Waals surface area (Å²) in [5.74, 6) is 1.13. The molecule has 110 valence electrons. The summed E-state index contributed by atoms with van der Waals surface area (Å²) in [6.45, 7) is 2.37. The Bertz CT molecular complexity index is 472. The van der Waals surface area contributed by atoms with Crippen molar-refractivity contribution in [2.75, 3.05) is 33.9 Å². The minimum atomic E-state index is 0.000779. The van der Waals surface area contributed by atoms with Gasteiger partial charge in [-0.3, -0.25) is 4.79 Å². The maximum absolute atomic E-state index is 12.5. The quantitative estimate of drug-likeness (QED) is 0.845. The first kappa shape index (κ1) is 15.3. The number of rotatable bonds is 4. The van der Waals surface area contributed by atoms with Gasteiger partial charge >= 0.3 is 0 Å². The van der Waals surface area contributed by atoms with Gasteiger partial charge in [-0.25, -0.2) is 0 Å². The third-order valence-corrected chi connectivity index (χ3v) is 4.11. The van der Waals surface area contributed by atoms with Gasteiger partial charge in [0.25, 0.3) is 5.91 Å². The second kappa shape index (κ2) is 7.09. The zero-order valence-electron chi connectivity index (χ0n) is 11.9. The number of carbonyl (C=O) groups excluding carboxylic acids is 1. The molecule has 0 aromatic heterocycles. The number of methoxy groups -OCH3 is 1. The van der Waals surface area contributed by atoms with Gasteiger partial charge in [0, 0.05) is 31.3 Å². The average Bonchev–Trinajstić information content (AvgIpc) is 2.47. The molecule has 2 rings (SSSR count). The lowest BCUT2D eigenvalue weighted by Crippen LogP contribution is -2.34. The summed E-state index contributed by atoms with van der Waals surface area (Å²) in [6.07, 6.45) is 2.05. The minimum absolute atomic E-state index is 0.000779. The smallest absolute Gasteiger partial charge is 0.257 e. The molecule has 1 amide bonds. The van der Waals surface area contributed by atoms with Gasteiger partial charge in [-0.1, -0.05) is 15.9 Å². The molecule has 1 aliphatic heterocycles. The number of hydrogen-bond donors (Lipinski definition) is 0. The lowest BCUT2D eigenvalue weighted by atomic mass is 9.99. The molecule has 1 aromatic rings. The van der Waals surface area contributed by atoms with E-state index < -0.39 is 0 Å². The van der Waals surface area contributed by atoms with E-state index >= 15 is 0 Å². The van der Waals surface area contributed by atoms with Gasteiger partial charge in [0.15, 0.2) is 0 Å². The Hall–Kier alpha value is -1.07. The molecule has 0 N–H and O–H groups in total. The lowest BCUT2D eigenvalue weighted by molar-refractivity contribution is 0.0496. The third kappa shape index (κ3) is 3.73. The first-order chi connectivity index (χ1) is 9.61. The Kier molecular flexibility index (Phi) is 5.43. The van der Waals surface area contributed by atoms with Crippen molar-refractivity contribution in [2.45, 2.75) is 12.8 Å². The Morgan fingerprint density at radius 3 is 2.80 bits per heavy atom. The molecule has 1 aliphatic rings. The van der Waals surface area contributed by atoms with Crippen molar-refractivity contribution in [2.24, 2.45) is 5.92 Å². The highest BCUT2D eigenvalue weighted by atomic mass is 79.9. The van der Waals surface area contributed by atoms with Crippen LogP contribution in [0.3, 0.4) is 0 Å². The molecule has 1 heterocycles. The Balaban J connectivity index is 2.05. The zero-order chi connectivity index (χ0) is 14.5. The number of nitrogens with zero attached hydrogens (tertiary/aromatic N) is 1. The Labute approximate surface area is 128 Å².